The molecule has 2 rings (SSSR count). The highest BCUT2D eigenvalue weighted by Gasteiger charge is 2.32. The van der Waals surface area contributed by atoms with Crippen LogP contribution in [0.2, 0.25) is 0 Å². The molecule has 0 radical (unpaired) electrons. The molecule has 1 aromatic carbocycles. The standard InChI is InChI=1S/C13H10FNO4/c14-10-4-2-1-3-9(10)5-8-13(18)19-15-11(16)6-7-12(15)17/h1-5,8H,6-7H2/b8-5+. The van der Waals surface area contributed by atoms with E-state index in [4.69, 9.17) is 0 Å². The number of rotatable bonds is 3. The molecular weight excluding hydrogens is 253 g/mol. The monoisotopic (exact) mass is 263 g/mol. The van der Waals surface area contributed by atoms with Crippen molar-refractivity contribution >= 4 is 23.9 Å². The number of nitrogens with zero attached hydrogens (tertiary/aromatic N) is 1. The van der Waals surface area contributed by atoms with E-state index in [9.17, 15) is 18.8 Å². The molecule has 1 aromatic rings. The molecular formula is C13H10FNO4. The SMILES string of the molecule is O=C(/C=C/c1ccccc1F)ON1C(=O)CCC1=O. The minimum Gasteiger partial charge on any atom is -0.326 e. The minimum atomic E-state index is -0.910. The second kappa shape index (κ2) is 5.43. The average Bonchev–Trinajstić information content (AvgIpc) is 2.70. The Morgan fingerprint density at radius 2 is 1.84 bits per heavy atom. The minimum absolute atomic E-state index is 0.0309. The Balaban J connectivity index is 2.00. The number of hydroxylamine groups is 2. The van der Waals surface area contributed by atoms with Crippen molar-refractivity contribution in [3.63, 3.8) is 0 Å². The lowest BCUT2D eigenvalue weighted by molar-refractivity contribution is -0.193. The zero-order valence-electron chi connectivity index (χ0n) is 9.84. The van der Waals surface area contributed by atoms with Gasteiger partial charge in [0.2, 0.25) is 0 Å². The first kappa shape index (κ1) is 12.9. The molecule has 0 bridgehead atoms. The van der Waals surface area contributed by atoms with Crippen molar-refractivity contribution in [1.29, 1.82) is 0 Å². The molecule has 19 heavy (non-hydrogen) atoms. The predicted molar refractivity (Wildman–Crippen MR) is 62.6 cm³/mol. The summed E-state index contributed by atoms with van der Waals surface area (Å²) in [5.41, 5.74) is 0.207. The number of imide groups is 1. The number of carbonyl (C=O) groups is 3. The van der Waals surface area contributed by atoms with Crippen LogP contribution in [0.15, 0.2) is 30.3 Å². The summed E-state index contributed by atoms with van der Waals surface area (Å²) in [5.74, 6) is -2.51. The smallest absolute Gasteiger partial charge is 0.326 e. The van der Waals surface area contributed by atoms with E-state index in [0.29, 0.717) is 5.06 Å². The Bertz CT molecular complexity index is 552. The summed E-state index contributed by atoms with van der Waals surface area (Å²) in [6, 6.07) is 5.86. The first-order valence-corrected chi connectivity index (χ1v) is 5.58. The molecule has 0 aromatic heterocycles. The number of halogens is 1. The Morgan fingerprint density at radius 1 is 1.21 bits per heavy atom. The average molecular weight is 263 g/mol. The highest BCUT2D eigenvalue weighted by molar-refractivity contribution is 6.02. The van der Waals surface area contributed by atoms with Crippen molar-refractivity contribution in [2.24, 2.45) is 0 Å². The summed E-state index contributed by atoms with van der Waals surface area (Å²) in [5, 5.41) is 0.439. The number of carbonyl (C=O) groups excluding carboxylic acids is 3. The van der Waals surface area contributed by atoms with Crippen molar-refractivity contribution in [3.8, 4) is 0 Å². The molecule has 0 atom stereocenters. The van der Waals surface area contributed by atoms with Crippen LogP contribution in [0.3, 0.4) is 0 Å². The Labute approximate surface area is 108 Å². The number of hydrogen-bond donors (Lipinski definition) is 0. The van der Waals surface area contributed by atoms with Gasteiger partial charge in [-0.1, -0.05) is 18.2 Å². The summed E-state index contributed by atoms with van der Waals surface area (Å²) in [6.07, 6.45) is 2.23. The van der Waals surface area contributed by atoms with E-state index in [1.807, 2.05) is 0 Å². The molecule has 2 amide bonds. The van der Waals surface area contributed by atoms with Gasteiger partial charge in [0.05, 0.1) is 0 Å². The summed E-state index contributed by atoms with van der Waals surface area (Å²) < 4.78 is 13.2. The van der Waals surface area contributed by atoms with E-state index in [-0.39, 0.29) is 18.4 Å². The Hall–Kier alpha value is -2.50. The van der Waals surface area contributed by atoms with Crippen molar-refractivity contribution in [3.05, 3.63) is 41.7 Å². The van der Waals surface area contributed by atoms with Crippen molar-refractivity contribution < 1.29 is 23.6 Å². The molecule has 0 N–H and O–H groups in total. The topological polar surface area (TPSA) is 63.7 Å². The zero-order valence-corrected chi connectivity index (χ0v) is 9.84. The molecule has 1 aliphatic rings. The molecule has 5 nitrogen and oxygen atoms in total. The normalized spacial score (nSPS) is 15.3. The van der Waals surface area contributed by atoms with Gasteiger partial charge in [0.25, 0.3) is 11.8 Å². The summed E-state index contributed by atoms with van der Waals surface area (Å²) in [6.45, 7) is 0. The lowest BCUT2D eigenvalue weighted by Crippen LogP contribution is -2.31. The molecule has 1 aliphatic heterocycles. The van der Waals surface area contributed by atoms with Crippen LogP contribution in [0.5, 0.6) is 0 Å². The molecule has 0 unspecified atom stereocenters. The third kappa shape index (κ3) is 3.04. The Kier molecular flexibility index (Phi) is 3.70. The largest absolute Gasteiger partial charge is 0.356 e. The maximum Gasteiger partial charge on any atom is 0.356 e. The summed E-state index contributed by atoms with van der Waals surface area (Å²) in [7, 11) is 0. The molecule has 98 valence electrons. The van der Waals surface area contributed by atoms with E-state index in [1.54, 1.807) is 6.07 Å². The van der Waals surface area contributed by atoms with Crippen molar-refractivity contribution in [2.45, 2.75) is 12.8 Å². The van der Waals surface area contributed by atoms with Gasteiger partial charge in [-0.2, -0.15) is 0 Å². The summed E-state index contributed by atoms with van der Waals surface area (Å²) >= 11 is 0. The summed E-state index contributed by atoms with van der Waals surface area (Å²) in [4.78, 5) is 38.4. The fourth-order valence-corrected chi connectivity index (χ4v) is 1.55. The molecule has 1 fully saturated rings. The number of benzene rings is 1. The van der Waals surface area contributed by atoms with E-state index in [2.05, 4.69) is 4.84 Å². The van der Waals surface area contributed by atoms with Gasteiger partial charge in [-0.15, -0.1) is 5.06 Å². The predicted octanol–water partition coefficient (Wildman–Crippen LogP) is 1.45. The van der Waals surface area contributed by atoms with Gasteiger partial charge in [-0.3, -0.25) is 9.59 Å². The second-order valence-electron chi connectivity index (χ2n) is 3.85. The van der Waals surface area contributed by atoms with Crippen LogP contribution in [0.25, 0.3) is 6.08 Å². The second-order valence-corrected chi connectivity index (χ2v) is 3.85. The fraction of sp³-hybridized carbons (Fsp3) is 0.154. The third-order valence-corrected chi connectivity index (χ3v) is 2.49. The maximum absolute atomic E-state index is 13.2. The van der Waals surface area contributed by atoms with E-state index in [1.165, 1.54) is 24.3 Å². The molecule has 6 heteroatoms. The van der Waals surface area contributed by atoms with Crippen LogP contribution in [-0.2, 0) is 19.2 Å². The fourth-order valence-electron chi connectivity index (χ4n) is 1.55. The first-order chi connectivity index (χ1) is 9.08. The van der Waals surface area contributed by atoms with Crippen LogP contribution >= 0.6 is 0 Å². The van der Waals surface area contributed by atoms with Crippen LogP contribution in [0.1, 0.15) is 18.4 Å². The van der Waals surface area contributed by atoms with Crippen LogP contribution in [-0.4, -0.2) is 22.8 Å². The third-order valence-electron chi connectivity index (χ3n) is 2.49. The Morgan fingerprint density at radius 3 is 2.47 bits per heavy atom. The highest BCUT2D eigenvalue weighted by atomic mass is 19.1. The van der Waals surface area contributed by atoms with Crippen LogP contribution < -0.4 is 0 Å². The highest BCUT2D eigenvalue weighted by Crippen LogP contribution is 2.13. The molecule has 0 saturated carbocycles. The van der Waals surface area contributed by atoms with Gasteiger partial charge >= 0.3 is 5.97 Å². The quantitative estimate of drug-likeness (QED) is 0.611. The van der Waals surface area contributed by atoms with E-state index >= 15 is 0 Å². The van der Waals surface area contributed by atoms with Gasteiger partial charge in [-0.05, 0) is 12.1 Å². The van der Waals surface area contributed by atoms with Gasteiger partial charge < -0.3 is 4.84 Å². The number of amides is 2. The maximum atomic E-state index is 13.2. The van der Waals surface area contributed by atoms with Crippen LogP contribution in [0.4, 0.5) is 4.39 Å². The lowest BCUT2D eigenvalue weighted by Gasteiger charge is -2.10. The van der Waals surface area contributed by atoms with Crippen LogP contribution in [0, 0.1) is 5.82 Å². The van der Waals surface area contributed by atoms with Gasteiger partial charge in [0.15, 0.2) is 0 Å². The van der Waals surface area contributed by atoms with Gasteiger partial charge in [0, 0.05) is 24.5 Å². The molecule has 1 heterocycles. The lowest BCUT2D eigenvalue weighted by atomic mass is 10.2. The van der Waals surface area contributed by atoms with Crippen molar-refractivity contribution in [1.82, 2.24) is 5.06 Å². The first-order valence-electron chi connectivity index (χ1n) is 5.58. The molecule has 1 saturated heterocycles. The van der Waals surface area contributed by atoms with E-state index in [0.717, 1.165) is 6.08 Å². The van der Waals surface area contributed by atoms with Gasteiger partial charge in [0.1, 0.15) is 5.82 Å². The van der Waals surface area contributed by atoms with Gasteiger partial charge in [-0.25, -0.2) is 9.18 Å². The number of hydrogen-bond acceptors (Lipinski definition) is 4. The van der Waals surface area contributed by atoms with E-state index < -0.39 is 23.6 Å². The van der Waals surface area contributed by atoms with Crippen molar-refractivity contribution in [2.75, 3.05) is 0 Å². The molecule has 0 spiro atoms. The molecule has 0 aliphatic carbocycles. The zero-order chi connectivity index (χ0) is 13.8.